The van der Waals surface area contributed by atoms with Crippen molar-refractivity contribution in [2.75, 3.05) is 0 Å². The van der Waals surface area contributed by atoms with E-state index >= 15 is 0 Å². The molecule has 0 aromatic carbocycles. The summed E-state index contributed by atoms with van der Waals surface area (Å²) in [5.41, 5.74) is 0. The molecule has 2 heteroatoms. The molecule has 0 fully saturated rings. The van der Waals surface area contributed by atoms with Gasteiger partial charge in [0.05, 0.1) is 0 Å². The second-order valence-corrected chi connectivity index (χ2v) is 2.01. The summed E-state index contributed by atoms with van der Waals surface area (Å²) in [6, 6.07) is 0. The molecule has 1 radical (unpaired) electrons. The summed E-state index contributed by atoms with van der Waals surface area (Å²) in [5.74, 6) is 0. The second kappa shape index (κ2) is 11.0. The molecule has 0 heterocycles. The number of hydrogen-bond acceptors (Lipinski definition) is 0. The molecule has 2 aliphatic carbocycles. The summed E-state index contributed by atoms with van der Waals surface area (Å²) in [5, 5.41) is 0. The first-order valence-corrected chi connectivity index (χ1v) is 3.43. The third kappa shape index (κ3) is 8.06. The van der Waals surface area contributed by atoms with Crippen LogP contribution in [0, 0.1) is 12.2 Å². The summed E-state index contributed by atoms with van der Waals surface area (Å²) in [6.07, 6.45) is 20.0. The van der Waals surface area contributed by atoms with Crippen molar-refractivity contribution >= 4 is 0 Å². The molecule has 0 aliphatic heterocycles. The zero-order valence-electron chi connectivity index (χ0n) is 6.76. The third-order valence-electron chi connectivity index (χ3n) is 1.17. The van der Waals surface area contributed by atoms with Crippen molar-refractivity contribution < 1.29 is 34.1 Å². The molecular formula is C10H10ClTi. The number of allylic oxidation sites excluding steroid dienone is 8. The van der Waals surface area contributed by atoms with Crippen molar-refractivity contribution in [3.8, 4) is 0 Å². The van der Waals surface area contributed by atoms with Crippen LogP contribution < -0.4 is 12.4 Å². The van der Waals surface area contributed by atoms with Gasteiger partial charge in [-0.2, -0.15) is 12.2 Å². The third-order valence-corrected chi connectivity index (χ3v) is 1.17. The van der Waals surface area contributed by atoms with Crippen molar-refractivity contribution in [2.45, 2.75) is 12.8 Å². The van der Waals surface area contributed by atoms with Gasteiger partial charge in [0, 0.05) is 0 Å². The predicted molar refractivity (Wildman–Crippen MR) is 43.1 cm³/mol. The monoisotopic (exact) mass is 213 g/mol. The van der Waals surface area contributed by atoms with E-state index in [1.165, 1.54) is 0 Å². The molecule has 0 spiro atoms. The Kier molecular flexibility index (Phi) is 13.2. The second-order valence-electron chi connectivity index (χ2n) is 2.01. The Hall–Kier alpha value is -0.0357. The molecule has 2 aliphatic rings. The Morgan fingerprint density at radius 1 is 0.833 bits per heavy atom. The molecule has 0 amide bonds. The van der Waals surface area contributed by atoms with E-state index in [0.29, 0.717) is 0 Å². The minimum Gasteiger partial charge on any atom is -1.00 e. The van der Waals surface area contributed by atoms with Crippen LogP contribution in [0.5, 0.6) is 0 Å². The summed E-state index contributed by atoms with van der Waals surface area (Å²) < 4.78 is 0. The fourth-order valence-corrected chi connectivity index (χ4v) is 0.680. The molecule has 12 heavy (non-hydrogen) atoms. The predicted octanol–water partition coefficient (Wildman–Crippen LogP) is -0.387. The smallest absolute Gasteiger partial charge is 1.00 e. The Morgan fingerprint density at radius 2 is 1.25 bits per heavy atom. The van der Waals surface area contributed by atoms with Gasteiger partial charge < -0.3 is 12.4 Å². The maximum atomic E-state index is 2.99. The maximum Gasteiger partial charge on any atom is 3.00 e. The van der Waals surface area contributed by atoms with E-state index in [1.54, 1.807) is 0 Å². The van der Waals surface area contributed by atoms with E-state index in [0.717, 1.165) is 12.8 Å². The van der Waals surface area contributed by atoms with Crippen LogP contribution in [0.15, 0.2) is 36.5 Å². The van der Waals surface area contributed by atoms with E-state index in [9.17, 15) is 0 Å². The Morgan fingerprint density at radius 3 is 1.33 bits per heavy atom. The zero-order chi connectivity index (χ0) is 7.07. The topological polar surface area (TPSA) is 0 Å². The molecular weight excluding hydrogens is 203 g/mol. The number of halogens is 1. The SMILES string of the molecule is [C-]1=CC=CC1.[C-]1=CC=CC1.[Cl-].[Ti+3]. The van der Waals surface area contributed by atoms with Crippen molar-refractivity contribution in [1.82, 2.24) is 0 Å². The molecule has 0 nitrogen and oxygen atoms in total. The van der Waals surface area contributed by atoms with Crippen LogP contribution in [0.4, 0.5) is 0 Å². The van der Waals surface area contributed by atoms with Crippen LogP contribution in [0.3, 0.4) is 0 Å². The van der Waals surface area contributed by atoms with Crippen LogP contribution in [-0.2, 0) is 21.7 Å². The first-order chi connectivity index (χ1) is 5.00. The van der Waals surface area contributed by atoms with Crippen molar-refractivity contribution in [2.24, 2.45) is 0 Å². The number of rotatable bonds is 0. The molecule has 0 unspecified atom stereocenters. The normalized spacial score (nSPS) is 14.7. The molecule has 0 atom stereocenters. The molecule has 61 valence electrons. The average Bonchev–Trinajstić information content (AvgIpc) is 2.67. The summed E-state index contributed by atoms with van der Waals surface area (Å²) >= 11 is 0. The summed E-state index contributed by atoms with van der Waals surface area (Å²) in [4.78, 5) is 0. The van der Waals surface area contributed by atoms with Gasteiger partial charge in [0.25, 0.3) is 0 Å². The van der Waals surface area contributed by atoms with E-state index in [1.807, 2.05) is 24.3 Å². The molecule has 2 rings (SSSR count). The van der Waals surface area contributed by atoms with Gasteiger partial charge in [-0.15, -0.1) is 12.8 Å². The van der Waals surface area contributed by atoms with E-state index in [2.05, 4.69) is 24.3 Å². The van der Waals surface area contributed by atoms with Crippen LogP contribution in [0.25, 0.3) is 0 Å². The van der Waals surface area contributed by atoms with Gasteiger partial charge in [-0.3, -0.25) is 12.2 Å². The van der Waals surface area contributed by atoms with Gasteiger partial charge in [-0.1, -0.05) is 0 Å². The van der Waals surface area contributed by atoms with Gasteiger partial charge in [0.2, 0.25) is 0 Å². The minimum absolute atomic E-state index is 0. The summed E-state index contributed by atoms with van der Waals surface area (Å²) in [7, 11) is 0. The molecule has 0 aromatic heterocycles. The van der Waals surface area contributed by atoms with Gasteiger partial charge in [-0.25, -0.2) is 24.3 Å². The van der Waals surface area contributed by atoms with Crippen LogP contribution in [0.1, 0.15) is 12.8 Å². The van der Waals surface area contributed by atoms with Crippen LogP contribution in [-0.4, -0.2) is 0 Å². The first-order valence-electron chi connectivity index (χ1n) is 3.43. The maximum absolute atomic E-state index is 2.99. The Balaban J connectivity index is 0. The van der Waals surface area contributed by atoms with E-state index < -0.39 is 0 Å². The molecule has 0 saturated carbocycles. The molecule has 0 aromatic rings. The first kappa shape index (κ1) is 14.5. The largest absolute Gasteiger partial charge is 3.00 e. The van der Waals surface area contributed by atoms with E-state index in [-0.39, 0.29) is 34.1 Å². The Bertz CT molecular complexity index is 148. The minimum atomic E-state index is 0. The summed E-state index contributed by atoms with van der Waals surface area (Å²) in [6.45, 7) is 0. The van der Waals surface area contributed by atoms with Gasteiger partial charge in [0.15, 0.2) is 0 Å². The van der Waals surface area contributed by atoms with Crippen LogP contribution in [0.2, 0.25) is 0 Å². The van der Waals surface area contributed by atoms with Crippen molar-refractivity contribution in [1.29, 1.82) is 0 Å². The number of hydrogen-bond donors (Lipinski definition) is 0. The molecule has 0 bridgehead atoms. The Labute approximate surface area is 95.4 Å². The molecule has 0 saturated heterocycles. The van der Waals surface area contributed by atoms with E-state index in [4.69, 9.17) is 0 Å². The zero-order valence-corrected chi connectivity index (χ0v) is 9.07. The van der Waals surface area contributed by atoms with Gasteiger partial charge >= 0.3 is 21.7 Å². The van der Waals surface area contributed by atoms with Crippen molar-refractivity contribution in [3.05, 3.63) is 48.6 Å². The fourth-order valence-electron chi connectivity index (χ4n) is 0.680. The van der Waals surface area contributed by atoms with Crippen LogP contribution >= 0.6 is 0 Å². The fraction of sp³-hybridized carbons (Fsp3) is 0.200. The average molecular weight is 214 g/mol. The van der Waals surface area contributed by atoms with Crippen molar-refractivity contribution in [3.63, 3.8) is 0 Å². The quantitative estimate of drug-likeness (QED) is 0.380. The molecule has 0 N–H and O–H groups in total. The van der Waals surface area contributed by atoms with Gasteiger partial charge in [0.1, 0.15) is 0 Å². The van der Waals surface area contributed by atoms with Gasteiger partial charge in [-0.05, 0) is 0 Å². The standard InChI is InChI=1S/2C5H5.ClH.Ti/c2*1-2-4-5-3-1;;/h2*1-3H,4H2;1H;/q2*-1;;+3/p-1.